The van der Waals surface area contributed by atoms with E-state index in [-0.39, 0.29) is 23.7 Å². The van der Waals surface area contributed by atoms with Crippen LogP contribution in [0.1, 0.15) is 62.0 Å². The first-order valence-electron chi connectivity index (χ1n) is 11.0. The number of H-pyrrole nitrogens is 1. The fourth-order valence-electron chi connectivity index (χ4n) is 4.96. The first-order valence-corrected chi connectivity index (χ1v) is 11.0. The normalized spacial score (nSPS) is 19.8. The van der Waals surface area contributed by atoms with E-state index < -0.39 is 0 Å². The van der Waals surface area contributed by atoms with Crippen molar-refractivity contribution in [3.63, 3.8) is 0 Å². The van der Waals surface area contributed by atoms with Gasteiger partial charge in [0.1, 0.15) is 11.8 Å². The molecule has 5 rings (SSSR count). The summed E-state index contributed by atoms with van der Waals surface area (Å²) >= 11 is 0. The average molecular weight is 425 g/mol. The molecule has 0 radical (unpaired) electrons. The molecule has 9 heteroatoms. The fraction of sp³-hybridized carbons (Fsp3) is 0.545. The summed E-state index contributed by atoms with van der Waals surface area (Å²) in [7, 11) is 1.63. The molecule has 3 heterocycles. The van der Waals surface area contributed by atoms with E-state index >= 15 is 0 Å². The second-order valence-electron chi connectivity index (χ2n) is 8.60. The number of fused-ring (bicyclic) bond motifs is 1. The van der Waals surface area contributed by atoms with Crippen LogP contribution in [0.15, 0.2) is 29.1 Å². The van der Waals surface area contributed by atoms with Crippen molar-refractivity contribution in [1.82, 2.24) is 30.1 Å². The number of hydrogen-bond acceptors (Lipinski definition) is 7. The van der Waals surface area contributed by atoms with Crippen molar-refractivity contribution in [2.75, 3.05) is 20.2 Å². The van der Waals surface area contributed by atoms with Gasteiger partial charge in [0, 0.05) is 29.6 Å². The van der Waals surface area contributed by atoms with Gasteiger partial charge in [0.2, 0.25) is 0 Å². The Morgan fingerprint density at radius 2 is 1.94 bits per heavy atom. The van der Waals surface area contributed by atoms with Gasteiger partial charge in [0.05, 0.1) is 19.3 Å². The van der Waals surface area contributed by atoms with Gasteiger partial charge in [0.15, 0.2) is 5.82 Å². The minimum atomic E-state index is -0.373. The number of aromatic amines is 1. The number of tetrazole rings is 1. The van der Waals surface area contributed by atoms with Crippen molar-refractivity contribution >= 4 is 10.9 Å². The number of hydrogen-bond donors (Lipinski definition) is 2. The van der Waals surface area contributed by atoms with Gasteiger partial charge in [-0.2, -0.15) is 0 Å². The van der Waals surface area contributed by atoms with Gasteiger partial charge in [0.25, 0.3) is 5.56 Å². The maximum Gasteiger partial charge on any atom is 0.253 e. The van der Waals surface area contributed by atoms with Crippen LogP contribution in [0.2, 0.25) is 0 Å². The predicted octanol–water partition coefficient (Wildman–Crippen LogP) is 2.18. The molecule has 0 bridgehead atoms. The Kier molecular flexibility index (Phi) is 5.45. The number of methoxy groups -OCH3 is 1. The Balaban J connectivity index is 1.63. The highest BCUT2D eigenvalue weighted by atomic mass is 16.5. The van der Waals surface area contributed by atoms with Crippen molar-refractivity contribution in [3.05, 3.63) is 46.0 Å². The molecule has 1 aliphatic heterocycles. The number of rotatable bonds is 5. The third-order valence-electron chi connectivity index (χ3n) is 6.67. The highest BCUT2D eigenvalue weighted by Gasteiger charge is 2.34. The zero-order valence-electron chi connectivity index (χ0n) is 17.7. The molecule has 9 nitrogen and oxygen atoms in total. The summed E-state index contributed by atoms with van der Waals surface area (Å²) < 4.78 is 7.30. The predicted molar refractivity (Wildman–Crippen MR) is 115 cm³/mol. The quantitative estimate of drug-likeness (QED) is 0.646. The second-order valence-corrected chi connectivity index (χ2v) is 8.60. The second kappa shape index (κ2) is 8.39. The lowest BCUT2D eigenvalue weighted by molar-refractivity contribution is 0.0654. The molecule has 1 saturated carbocycles. The summed E-state index contributed by atoms with van der Waals surface area (Å²) in [4.78, 5) is 18.5. The molecule has 1 saturated heterocycles. The molecular formula is C22H28N6O3. The van der Waals surface area contributed by atoms with Gasteiger partial charge >= 0.3 is 0 Å². The summed E-state index contributed by atoms with van der Waals surface area (Å²) in [5.41, 5.74) is 1.23. The van der Waals surface area contributed by atoms with Gasteiger partial charge in [-0.05, 0) is 60.4 Å². The molecule has 1 aromatic carbocycles. The van der Waals surface area contributed by atoms with E-state index in [0.717, 1.165) is 29.5 Å². The van der Waals surface area contributed by atoms with E-state index in [1.807, 2.05) is 28.9 Å². The maximum atomic E-state index is 13.2. The summed E-state index contributed by atoms with van der Waals surface area (Å²) in [5.74, 6) is 1.44. The van der Waals surface area contributed by atoms with Gasteiger partial charge < -0.3 is 14.8 Å². The molecule has 1 aliphatic carbocycles. The van der Waals surface area contributed by atoms with E-state index in [1.54, 1.807) is 7.11 Å². The first kappa shape index (κ1) is 20.1. The van der Waals surface area contributed by atoms with Crippen LogP contribution < -0.4 is 10.3 Å². The Hall–Kier alpha value is -2.78. The molecule has 164 valence electrons. The van der Waals surface area contributed by atoms with E-state index in [0.29, 0.717) is 37.3 Å². The standard InChI is InChI=1S/C22H28N6O3/c1-31-17-6-7-19-14(12-17)13-18(22(30)23-19)20(27-10-8-16(29)9-11-27)21-24-25-26-28(21)15-4-2-3-5-15/h6-7,12-13,15-16,20,29H,2-5,8-11H2,1H3,(H,23,30). The smallest absolute Gasteiger partial charge is 0.253 e. The molecule has 0 spiro atoms. The number of pyridine rings is 1. The fourth-order valence-corrected chi connectivity index (χ4v) is 4.96. The average Bonchev–Trinajstić information content (AvgIpc) is 3.47. The van der Waals surface area contributed by atoms with Gasteiger partial charge in [-0.1, -0.05) is 12.8 Å². The van der Waals surface area contributed by atoms with Crippen LogP contribution >= 0.6 is 0 Å². The Labute approximate surface area is 180 Å². The molecule has 1 atom stereocenters. The number of aliphatic hydroxyl groups is 1. The molecular weight excluding hydrogens is 396 g/mol. The van der Waals surface area contributed by atoms with Crippen LogP contribution in [0, 0.1) is 0 Å². The van der Waals surface area contributed by atoms with E-state index in [9.17, 15) is 9.90 Å². The number of nitrogens with zero attached hydrogens (tertiary/aromatic N) is 5. The monoisotopic (exact) mass is 424 g/mol. The third kappa shape index (κ3) is 3.83. The number of aromatic nitrogens is 5. The summed E-state index contributed by atoms with van der Waals surface area (Å²) in [6.45, 7) is 1.36. The highest BCUT2D eigenvalue weighted by Crippen LogP contribution is 2.35. The molecule has 0 amide bonds. The van der Waals surface area contributed by atoms with E-state index in [4.69, 9.17) is 4.74 Å². The number of aliphatic hydroxyl groups excluding tert-OH is 1. The van der Waals surface area contributed by atoms with Crippen molar-refractivity contribution in [2.24, 2.45) is 0 Å². The molecule has 31 heavy (non-hydrogen) atoms. The maximum absolute atomic E-state index is 13.2. The number of ether oxygens (including phenoxy) is 1. The van der Waals surface area contributed by atoms with Crippen LogP contribution in [-0.2, 0) is 0 Å². The summed E-state index contributed by atoms with van der Waals surface area (Å²) in [6.07, 6.45) is 5.47. The molecule has 2 N–H and O–H groups in total. The number of likely N-dealkylation sites (tertiary alicyclic amines) is 1. The van der Waals surface area contributed by atoms with E-state index in [2.05, 4.69) is 25.4 Å². The van der Waals surface area contributed by atoms with Crippen LogP contribution in [0.5, 0.6) is 5.75 Å². The topological polar surface area (TPSA) is 109 Å². The van der Waals surface area contributed by atoms with Crippen molar-refractivity contribution in [1.29, 1.82) is 0 Å². The molecule has 2 fully saturated rings. The number of benzene rings is 1. The number of piperidine rings is 1. The summed E-state index contributed by atoms with van der Waals surface area (Å²) in [6, 6.07) is 7.44. The SMILES string of the molecule is COc1ccc2[nH]c(=O)c(C(c3nnnn3C3CCCC3)N3CCC(O)CC3)cc2c1. The van der Waals surface area contributed by atoms with E-state index in [1.165, 1.54) is 12.8 Å². The molecule has 3 aromatic rings. The van der Waals surface area contributed by atoms with Crippen LogP contribution in [0.3, 0.4) is 0 Å². The Morgan fingerprint density at radius 1 is 1.16 bits per heavy atom. The zero-order chi connectivity index (χ0) is 21.4. The lowest BCUT2D eigenvalue weighted by Crippen LogP contribution is -2.42. The molecule has 1 unspecified atom stereocenters. The molecule has 2 aliphatic rings. The summed E-state index contributed by atoms with van der Waals surface area (Å²) in [5, 5.41) is 23.7. The Morgan fingerprint density at radius 3 is 2.68 bits per heavy atom. The van der Waals surface area contributed by atoms with Gasteiger partial charge in [-0.25, -0.2) is 4.68 Å². The Bertz CT molecular complexity index is 1110. The minimum Gasteiger partial charge on any atom is -0.497 e. The lowest BCUT2D eigenvalue weighted by Gasteiger charge is -2.35. The van der Waals surface area contributed by atoms with Gasteiger partial charge in [-0.15, -0.1) is 5.10 Å². The first-order chi connectivity index (χ1) is 15.1. The molecule has 2 aromatic heterocycles. The van der Waals surface area contributed by atoms with Crippen LogP contribution in [0.25, 0.3) is 10.9 Å². The third-order valence-corrected chi connectivity index (χ3v) is 6.67. The zero-order valence-corrected chi connectivity index (χ0v) is 17.7. The van der Waals surface area contributed by atoms with Crippen molar-refractivity contribution < 1.29 is 9.84 Å². The van der Waals surface area contributed by atoms with Crippen LogP contribution in [-0.4, -0.2) is 61.5 Å². The largest absolute Gasteiger partial charge is 0.497 e. The van der Waals surface area contributed by atoms with Crippen molar-refractivity contribution in [3.8, 4) is 5.75 Å². The lowest BCUT2D eigenvalue weighted by atomic mass is 9.99. The van der Waals surface area contributed by atoms with Gasteiger partial charge in [-0.3, -0.25) is 9.69 Å². The van der Waals surface area contributed by atoms with Crippen LogP contribution in [0.4, 0.5) is 0 Å². The van der Waals surface area contributed by atoms with Crippen molar-refractivity contribution in [2.45, 2.75) is 56.7 Å². The number of nitrogens with one attached hydrogen (secondary N) is 1. The minimum absolute atomic E-state index is 0.144. The highest BCUT2D eigenvalue weighted by molar-refractivity contribution is 5.80.